The smallest absolute Gasteiger partial charge is 0.259 e. The molecule has 1 aromatic rings. The number of nitrogens with one attached hydrogen (secondary N) is 1. The second kappa shape index (κ2) is 6.49. The van der Waals surface area contributed by atoms with E-state index in [0.717, 1.165) is 12.8 Å². The molecule has 19 heavy (non-hydrogen) atoms. The second-order valence-electron chi connectivity index (χ2n) is 4.51. The van der Waals surface area contributed by atoms with Crippen LogP contribution in [0, 0.1) is 0 Å². The Hall–Kier alpha value is -1.66. The first-order chi connectivity index (χ1) is 9.22. The van der Waals surface area contributed by atoms with Crippen molar-refractivity contribution in [3.63, 3.8) is 0 Å². The van der Waals surface area contributed by atoms with Crippen molar-refractivity contribution >= 4 is 5.91 Å². The third-order valence-electron chi connectivity index (χ3n) is 3.23. The Morgan fingerprint density at radius 3 is 2.84 bits per heavy atom. The van der Waals surface area contributed by atoms with Crippen molar-refractivity contribution in [2.45, 2.75) is 18.9 Å². The third-order valence-corrected chi connectivity index (χ3v) is 3.23. The quantitative estimate of drug-likeness (QED) is 0.803. The Labute approximate surface area is 111 Å². The normalized spacial score (nSPS) is 16.6. The number of pyridine rings is 1. The maximum atomic E-state index is 12.2. The highest BCUT2D eigenvalue weighted by Crippen LogP contribution is 2.15. The van der Waals surface area contributed by atoms with Crippen molar-refractivity contribution in [1.82, 2.24) is 9.88 Å². The van der Waals surface area contributed by atoms with E-state index >= 15 is 0 Å². The molecule has 0 bridgehead atoms. The van der Waals surface area contributed by atoms with Gasteiger partial charge in [-0.2, -0.15) is 0 Å². The number of hydrogen-bond donors (Lipinski definition) is 2. The van der Waals surface area contributed by atoms with E-state index < -0.39 is 0 Å². The van der Waals surface area contributed by atoms with Crippen LogP contribution in [-0.2, 0) is 4.74 Å². The zero-order valence-electron chi connectivity index (χ0n) is 10.7. The number of ether oxygens (including phenoxy) is 1. The summed E-state index contributed by atoms with van der Waals surface area (Å²) in [4.78, 5) is 28.2. The molecule has 6 heteroatoms. The van der Waals surface area contributed by atoms with Gasteiger partial charge in [-0.15, -0.1) is 0 Å². The van der Waals surface area contributed by atoms with Crippen LogP contribution in [0.15, 0.2) is 23.3 Å². The molecule has 0 aromatic carbocycles. The third kappa shape index (κ3) is 3.42. The molecule has 2 rings (SSSR count). The number of carbonyl (C=O) groups excluding carboxylic acids is 1. The fourth-order valence-corrected chi connectivity index (χ4v) is 2.20. The number of aliphatic hydroxyl groups is 1. The number of aromatic nitrogens is 1. The van der Waals surface area contributed by atoms with E-state index in [1.807, 2.05) is 0 Å². The highest BCUT2D eigenvalue weighted by atomic mass is 16.5. The van der Waals surface area contributed by atoms with Crippen LogP contribution in [0.25, 0.3) is 0 Å². The number of likely N-dealkylation sites (tertiary alicyclic amines) is 1. The average Bonchev–Trinajstić information content (AvgIpc) is 2.45. The van der Waals surface area contributed by atoms with Crippen LogP contribution >= 0.6 is 0 Å². The van der Waals surface area contributed by atoms with E-state index in [9.17, 15) is 9.59 Å². The Kier molecular flexibility index (Phi) is 4.70. The van der Waals surface area contributed by atoms with Crippen molar-refractivity contribution in [3.8, 4) is 0 Å². The first-order valence-electron chi connectivity index (χ1n) is 6.41. The molecule has 1 aliphatic heterocycles. The molecule has 1 saturated heterocycles. The lowest BCUT2D eigenvalue weighted by Crippen LogP contribution is -2.42. The molecule has 0 aliphatic carbocycles. The summed E-state index contributed by atoms with van der Waals surface area (Å²) in [7, 11) is 0. The summed E-state index contributed by atoms with van der Waals surface area (Å²) in [5.74, 6) is -0.234. The molecular weight excluding hydrogens is 248 g/mol. The van der Waals surface area contributed by atoms with Crippen molar-refractivity contribution in [2.75, 3.05) is 26.3 Å². The number of H-pyrrole nitrogens is 1. The molecule has 1 aromatic heterocycles. The standard InChI is InChI=1S/C13H18N2O4/c16-7-8-19-10-2-5-15(6-3-10)13(18)11-9-14-4-1-12(11)17/h1,4,9-10,16H,2-3,5-8H2,(H,14,17). The van der Waals surface area contributed by atoms with E-state index in [2.05, 4.69) is 4.98 Å². The van der Waals surface area contributed by atoms with Gasteiger partial charge >= 0.3 is 0 Å². The van der Waals surface area contributed by atoms with Gasteiger partial charge in [-0.3, -0.25) is 9.59 Å². The molecule has 0 unspecified atom stereocenters. The van der Waals surface area contributed by atoms with Crippen LogP contribution in [0.1, 0.15) is 23.2 Å². The summed E-state index contributed by atoms with van der Waals surface area (Å²) in [5, 5.41) is 8.69. The van der Waals surface area contributed by atoms with Gasteiger partial charge in [0.1, 0.15) is 5.56 Å². The van der Waals surface area contributed by atoms with Crippen LogP contribution in [-0.4, -0.2) is 53.3 Å². The van der Waals surface area contributed by atoms with Crippen LogP contribution in [0.4, 0.5) is 0 Å². The molecule has 0 radical (unpaired) electrons. The van der Waals surface area contributed by atoms with Crippen molar-refractivity contribution in [1.29, 1.82) is 0 Å². The SMILES string of the molecule is O=C(c1c[nH]ccc1=O)N1CCC(OCCO)CC1. The van der Waals surface area contributed by atoms with Crippen LogP contribution in [0.5, 0.6) is 0 Å². The number of carbonyl (C=O) groups is 1. The maximum absolute atomic E-state index is 12.2. The summed E-state index contributed by atoms with van der Waals surface area (Å²) in [5.41, 5.74) is -0.0837. The van der Waals surface area contributed by atoms with E-state index in [-0.39, 0.29) is 29.6 Å². The molecule has 1 amide bonds. The topological polar surface area (TPSA) is 82.6 Å². The van der Waals surface area contributed by atoms with Crippen molar-refractivity contribution in [3.05, 3.63) is 34.2 Å². The van der Waals surface area contributed by atoms with Gasteiger partial charge in [0.15, 0.2) is 5.43 Å². The minimum Gasteiger partial charge on any atom is -0.394 e. The number of aromatic amines is 1. The number of hydrogen-bond acceptors (Lipinski definition) is 4. The maximum Gasteiger partial charge on any atom is 0.259 e. The molecular formula is C13H18N2O4. The predicted molar refractivity (Wildman–Crippen MR) is 69.0 cm³/mol. The minimum absolute atomic E-state index is 0.0124. The highest BCUT2D eigenvalue weighted by molar-refractivity contribution is 5.93. The monoisotopic (exact) mass is 266 g/mol. The second-order valence-corrected chi connectivity index (χ2v) is 4.51. The van der Waals surface area contributed by atoms with Gasteiger partial charge in [0, 0.05) is 31.5 Å². The molecule has 0 atom stereocenters. The van der Waals surface area contributed by atoms with Crippen molar-refractivity contribution < 1.29 is 14.6 Å². The lowest BCUT2D eigenvalue weighted by Gasteiger charge is -2.31. The van der Waals surface area contributed by atoms with E-state index in [1.54, 1.807) is 4.90 Å². The molecule has 0 saturated carbocycles. The average molecular weight is 266 g/mol. The molecule has 104 valence electrons. The molecule has 6 nitrogen and oxygen atoms in total. The number of nitrogens with zero attached hydrogens (tertiary/aromatic N) is 1. The first kappa shape index (κ1) is 13.8. The number of piperidine rings is 1. The highest BCUT2D eigenvalue weighted by Gasteiger charge is 2.25. The summed E-state index contributed by atoms with van der Waals surface area (Å²) in [6.07, 6.45) is 4.50. The number of aliphatic hydroxyl groups excluding tert-OH is 1. The zero-order valence-corrected chi connectivity index (χ0v) is 10.7. The predicted octanol–water partition coefficient (Wildman–Crippen LogP) is -0.0116. The van der Waals surface area contributed by atoms with Crippen molar-refractivity contribution in [2.24, 2.45) is 0 Å². The van der Waals surface area contributed by atoms with Gasteiger partial charge in [-0.25, -0.2) is 0 Å². The fraction of sp³-hybridized carbons (Fsp3) is 0.538. The molecule has 2 N–H and O–H groups in total. The van der Waals surface area contributed by atoms with Gasteiger partial charge in [0.25, 0.3) is 5.91 Å². The fourth-order valence-electron chi connectivity index (χ4n) is 2.20. The number of rotatable bonds is 4. The molecule has 1 fully saturated rings. The summed E-state index contributed by atoms with van der Waals surface area (Å²) < 4.78 is 5.43. The minimum atomic E-state index is -0.262. The summed E-state index contributed by atoms with van der Waals surface area (Å²) >= 11 is 0. The molecule has 2 heterocycles. The van der Waals surface area contributed by atoms with E-state index in [1.165, 1.54) is 18.5 Å². The Bertz CT molecular complexity index is 478. The lowest BCUT2D eigenvalue weighted by atomic mass is 10.1. The lowest BCUT2D eigenvalue weighted by molar-refractivity contribution is -0.00557. The Balaban J connectivity index is 1.93. The van der Waals surface area contributed by atoms with E-state index in [4.69, 9.17) is 9.84 Å². The van der Waals surface area contributed by atoms with E-state index in [0.29, 0.717) is 19.7 Å². The van der Waals surface area contributed by atoms with Gasteiger partial charge in [-0.1, -0.05) is 0 Å². The van der Waals surface area contributed by atoms with Gasteiger partial charge < -0.3 is 19.7 Å². The molecule has 1 aliphatic rings. The first-order valence-corrected chi connectivity index (χ1v) is 6.41. The summed E-state index contributed by atoms with van der Waals surface area (Å²) in [6.45, 7) is 1.49. The zero-order chi connectivity index (χ0) is 13.7. The number of amides is 1. The van der Waals surface area contributed by atoms with Crippen LogP contribution in [0.2, 0.25) is 0 Å². The van der Waals surface area contributed by atoms with Gasteiger partial charge in [0.2, 0.25) is 0 Å². The van der Waals surface area contributed by atoms with Gasteiger partial charge in [-0.05, 0) is 12.8 Å². The largest absolute Gasteiger partial charge is 0.394 e. The Morgan fingerprint density at radius 1 is 1.47 bits per heavy atom. The molecule has 0 spiro atoms. The van der Waals surface area contributed by atoms with Crippen LogP contribution < -0.4 is 5.43 Å². The van der Waals surface area contributed by atoms with Gasteiger partial charge in [0.05, 0.1) is 19.3 Å². The Morgan fingerprint density at radius 2 is 2.21 bits per heavy atom. The summed E-state index contributed by atoms with van der Waals surface area (Å²) in [6, 6.07) is 1.35. The van der Waals surface area contributed by atoms with Crippen LogP contribution in [0.3, 0.4) is 0 Å².